The summed E-state index contributed by atoms with van der Waals surface area (Å²) in [5.74, 6) is 0.946. The second-order valence-electron chi connectivity index (χ2n) is 6.97. The molecule has 0 aliphatic carbocycles. The molecule has 4 rings (SSSR count). The van der Waals surface area contributed by atoms with Crippen molar-refractivity contribution in [1.82, 2.24) is 4.98 Å². The maximum atomic E-state index is 6.17. The number of hydrogen-bond donors (Lipinski definition) is 1. The zero-order chi connectivity index (χ0) is 21.1. The molecule has 0 saturated carbocycles. The summed E-state index contributed by atoms with van der Waals surface area (Å²) in [7, 11) is 1.67. The molecule has 0 unspecified atom stereocenters. The molecule has 1 aromatic heterocycles. The Morgan fingerprint density at radius 1 is 0.933 bits per heavy atom. The van der Waals surface area contributed by atoms with Crippen LogP contribution in [-0.2, 0) is 6.42 Å². The van der Waals surface area contributed by atoms with E-state index in [2.05, 4.69) is 41.4 Å². The van der Waals surface area contributed by atoms with E-state index < -0.39 is 0 Å². The zero-order valence-electron chi connectivity index (χ0n) is 16.3. The van der Waals surface area contributed by atoms with Crippen molar-refractivity contribution in [2.24, 2.45) is 0 Å². The molecular weight excluding hydrogens is 435 g/mol. The third kappa shape index (κ3) is 4.62. The lowest BCUT2D eigenvalue weighted by molar-refractivity contribution is 0.414. The average molecular weight is 455 g/mol. The number of hydrogen-bond acceptors (Lipinski definition) is 4. The monoisotopic (exact) mass is 454 g/mol. The van der Waals surface area contributed by atoms with Crippen LogP contribution in [-0.4, -0.2) is 12.1 Å². The molecule has 0 aliphatic heterocycles. The fourth-order valence-electron chi connectivity index (χ4n) is 3.43. The first-order valence-corrected chi connectivity index (χ1v) is 11.1. The number of rotatable bonds is 6. The van der Waals surface area contributed by atoms with Crippen molar-refractivity contribution in [3.8, 4) is 16.9 Å². The van der Waals surface area contributed by atoms with Crippen LogP contribution in [0.4, 0.5) is 5.13 Å². The molecule has 1 atom stereocenters. The van der Waals surface area contributed by atoms with Gasteiger partial charge in [0.1, 0.15) is 5.75 Å². The summed E-state index contributed by atoms with van der Waals surface area (Å²) >= 11 is 13.7. The summed E-state index contributed by atoms with van der Waals surface area (Å²) < 4.78 is 5.30. The number of nitrogen functional groups attached to an aromatic ring is 1. The zero-order valence-corrected chi connectivity index (χ0v) is 18.6. The molecule has 6 heteroatoms. The highest BCUT2D eigenvalue weighted by Gasteiger charge is 2.18. The summed E-state index contributed by atoms with van der Waals surface area (Å²) in [6.07, 6.45) is 0.817. The van der Waals surface area contributed by atoms with Crippen LogP contribution in [0.15, 0.2) is 72.1 Å². The number of benzene rings is 3. The second kappa shape index (κ2) is 9.09. The molecule has 0 spiro atoms. The van der Waals surface area contributed by atoms with Crippen molar-refractivity contribution >= 4 is 39.7 Å². The van der Waals surface area contributed by atoms with Crippen molar-refractivity contribution in [1.29, 1.82) is 0 Å². The molecule has 2 N–H and O–H groups in total. The van der Waals surface area contributed by atoms with Crippen LogP contribution in [0, 0.1) is 0 Å². The first kappa shape index (κ1) is 20.7. The van der Waals surface area contributed by atoms with E-state index in [0.717, 1.165) is 29.0 Å². The van der Waals surface area contributed by atoms with E-state index in [0.29, 0.717) is 15.2 Å². The number of aromatic nitrogens is 1. The lowest BCUT2D eigenvalue weighted by Crippen LogP contribution is -2.06. The number of nitrogens with zero attached hydrogens (tertiary/aromatic N) is 1. The average Bonchev–Trinajstić information content (AvgIpc) is 3.20. The van der Waals surface area contributed by atoms with Gasteiger partial charge < -0.3 is 10.5 Å². The summed E-state index contributed by atoms with van der Waals surface area (Å²) in [6.45, 7) is 0. The second-order valence-corrected chi connectivity index (χ2v) is 8.67. The smallest absolute Gasteiger partial charge is 0.180 e. The number of methoxy groups -OCH3 is 1. The molecule has 3 aromatic carbocycles. The van der Waals surface area contributed by atoms with Gasteiger partial charge in [0.2, 0.25) is 0 Å². The van der Waals surface area contributed by atoms with Crippen LogP contribution in [0.3, 0.4) is 0 Å². The Balaban J connectivity index is 1.61. The molecule has 0 saturated heterocycles. The predicted octanol–water partition coefficient (Wildman–Crippen LogP) is 7.08. The number of halogens is 2. The van der Waals surface area contributed by atoms with E-state index in [1.165, 1.54) is 22.5 Å². The van der Waals surface area contributed by atoms with Crippen LogP contribution in [0.2, 0.25) is 10.0 Å². The summed E-state index contributed by atoms with van der Waals surface area (Å²) in [4.78, 5) is 4.55. The van der Waals surface area contributed by atoms with Gasteiger partial charge in [0, 0.05) is 11.3 Å². The first-order chi connectivity index (χ1) is 14.5. The molecule has 152 valence electrons. The highest BCUT2D eigenvalue weighted by atomic mass is 35.5. The van der Waals surface area contributed by atoms with Crippen LogP contribution < -0.4 is 10.5 Å². The molecule has 0 amide bonds. The van der Waals surface area contributed by atoms with E-state index in [1.807, 2.05) is 35.7 Å². The van der Waals surface area contributed by atoms with Crippen molar-refractivity contribution in [3.63, 3.8) is 0 Å². The van der Waals surface area contributed by atoms with E-state index in [1.54, 1.807) is 7.11 Å². The molecule has 0 bridgehead atoms. The first-order valence-electron chi connectivity index (χ1n) is 9.42. The van der Waals surface area contributed by atoms with E-state index >= 15 is 0 Å². The summed E-state index contributed by atoms with van der Waals surface area (Å²) in [5.41, 5.74) is 11.4. The molecule has 0 fully saturated rings. The van der Waals surface area contributed by atoms with Gasteiger partial charge in [-0.05, 0) is 52.9 Å². The van der Waals surface area contributed by atoms with Crippen LogP contribution in [0.5, 0.6) is 5.75 Å². The Kier molecular flexibility index (Phi) is 6.28. The van der Waals surface area contributed by atoms with Gasteiger partial charge in [-0.3, -0.25) is 0 Å². The molecule has 4 aromatic rings. The fourth-order valence-corrected chi connectivity index (χ4v) is 4.35. The van der Waals surface area contributed by atoms with Crippen molar-refractivity contribution in [3.05, 3.63) is 99.0 Å². The number of anilines is 1. The number of thiazole rings is 1. The van der Waals surface area contributed by atoms with Gasteiger partial charge in [-0.15, -0.1) is 11.3 Å². The molecule has 3 nitrogen and oxygen atoms in total. The summed E-state index contributed by atoms with van der Waals surface area (Å²) in [6, 6.07) is 22.3. The summed E-state index contributed by atoms with van der Waals surface area (Å²) in [5, 5.41) is 3.73. The van der Waals surface area contributed by atoms with Gasteiger partial charge in [-0.2, -0.15) is 0 Å². The van der Waals surface area contributed by atoms with Gasteiger partial charge in [0.15, 0.2) is 5.13 Å². The Labute approximate surface area is 190 Å². The van der Waals surface area contributed by atoms with Gasteiger partial charge >= 0.3 is 0 Å². The fraction of sp³-hybridized carbons (Fsp3) is 0.125. The highest BCUT2D eigenvalue weighted by Crippen LogP contribution is 2.33. The van der Waals surface area contributed by atoms with E-state index in [9.17, 15) is 0 Å². The maximum absolute atomic E-state index is 6.17. The van der Waals surface area contributed by atoms with Gasteiger partial charge in [-0.1, -0.05) is 65.7 Å². The van der Waals surface area contributed by atoms with Crippen LogP contribution >= 0.6 is 34.5 Å². The normalized spacial score (nSPS) is 12.0. The Morgan fingerprint density at radius 2 is 1.63 bits per heavy atom. The highest BCUT2D eigenvalue weighted by molar-refractivity contribution is 7.13. The van der Waals surface area contributed by atoms with Gasteiger partial charge in [0.25, 0.3) is 0 Å². The topological polar surface area (TPSA) is 48.1 Å². The van der Waals surface area contributed by atoms with Gasteiger partial charge in [0.05, 0.1) is 22.8 Å². The molecule has 0 radical (unpaired) electrons. The largest absolute Gasteiger partial charge is 0.497 e. The number of ether oxygens (including phenoxy) is 1. The Morgan fingerprint density at radius 3 is 2.23 bits per heavy atom. The molecule has 0 aliphatic rings. The predicted molar refractivity (Wildman–Crippen MR) is 127 cm³/mol. The van der Waals surface area contributed by atoms with Crippen molar-refractivity contribution in [2.45, 2.75) is 12.3 Å². The minimum absolute atomic E-state index is 0.111. The quantitative estimate of drug-likeness (QED) is 0.338. The van der Waals surface area contributed by atoms with E-state index in [4.69, 9.17) is 33.7 Å². The van der Waals surface area contributed by atoms with E-state index in [-0.39, 0.29) is 5.92 Å². The minimum Gasteiger partial charge on any atom is -0.497 e. The minimum atomic E-state index is 0.111. The van der Waals surface area contributed by atoms with Crippen molar-refractivity contribution in [2.75, 3.05) is 12.8 Å². The molecule has 1 heterocycles. The van der Waals surface area contributed by atoms with Crippen LogP contribution in [0.25, 0.3) is 11.1 Å². The third-order valence-corrected chi connectivity index (χ3v) is 6.49. The maximum Gasteiger partial charge on any atom is 0.180 e. The Bertz CT molecular complexity index is 1140. The van der Waals surface area contributed by atoms with Gasteiger partial charge in [-0.25, -0.2) is 4.98 Å². The van der Waals surface area contributed by atoms with Crippen molar-refractivity contribution < 1.29 is 4.74 Å². The Hall–Kier alpha value is -2.53. The van der Waals surface area contributed by atoms with Crippen LogP contribution in [0.1, 0.15) is 22.7 Å². The molecule has 30 heavy (non-hydrogen) atoms. The lowest BCUT2D eigenvalue weighted by atomic mass is 9.89. The number of nitrogens with two attached hydrogens (primary N) is 1. The standard InChI is InChI=1S/C24H20Cl2N2OS/c1-29-19-9-6-17(7-10-19)20(23-14-30-24(27)28-23)12-15-2-4-16(5-3-15)18-8-11-21(25)22(26)13-18/h2-11,13-14,20H,12H2,1H3,(H2,27,28)/t20-/m0/s1. The third-order valence-electron chi connectivity index (χ3n) is 5.06. The SMILES string of the molecule is COc1ccc([C@H](Cc2ccc(-c3ccc(Cl)c(Cl)c3)cc2)c2csc(N)n2)cc1. The molecular formula is C24H20Cl2N2OS. The lowest BCUT2D eigenvalue weighted by Gasteiger charge is -2.16.